The molecule has 1 aromatic carbocycles. The van der Waals surface area contributed by atoms with Crippen LogP contribution in [0.15, 0.2) is 41.2 Å². The molecule has 0 N–H and O–H groups in total. The third-order valence-electron chi connectivity index (χ3n) is 7.39. The summed E-state index contributed by atoms with van der Waals surface area (Å²) in [5, 5.41) is 19.2. The highest BCUT2D eigenvalue weighted by molar-refractivity contribution is 5.92. The van der Waals surface area contributed by atoms with Gasteiger partial charge in [0.25, 0.3) is 5.56 Å². The molecule has 0 unspecified atom stereocenters. The number of pyridine rings is 2. The first-order valence-corrected chi connectivity index (χ1v) is 12.1. The van der Waals surface area contributed by atoms with Crippen LogP contribution in [0.3, 0.4) is 0 Å². The highest BCUT2D eigenvalue weighted by Crippen LogP contribution is 2.33. The Morgan fingerprint density at radius 3 is 2.46 bits per heavy atom. The first-order valence-electron chi connectivity index (χ1n) is 12.1. The molecule has 2 aromatic heterocycles. The molecule has 4 rings (SSSR count). The molecule has 35 heavy (non-hydrogen) atoms. The van der Waals surface area contributed by atoms with Crippen molar-refractivity contribution in [1.29, 1.82) is 10.5 Å². The number of anilines is 1. The smallest absolute Gasteiger partial charge is 0.270 e. The average Bonchev–Trinajstić information content (AvgIpc) is 2.87. The third kappa shape index (κ3) is 4.47. The van der Waals surface area contributed by atoms with Gasteiger partial charge in [-0.2, -0.15) is 10.5 Å². The van der Waals surface area contributed by atoms with Crippen molar-refractivity contribution >= 4 is 16.7 Å². The predicted octanol–water partition coefficient (Wildman–Crippen LogP) is 4.66. The number of nitriles is 2. The van der Waals surface area contributed by atoms with Gasteiger partial charge in [0.2, 0.25) is 0 Å². The van der Waals surface area contributed by atoms with Crippen LogP contribution in [0, 0.1) is 28.6 Å². The second-order valence-electron chi connectivity index (χ2n) is 10.0. The summed E-state index contributed by atoms with van der Waals surface area (Å²) in [6.45, 7) is 10.0. The number of ether oxygens (including phenoxy) is 1. The molecular weight excluding hydrogens is 438 g/mol. The Morgan fingerprint density at radius 2 is 1.86 bits per heavy atom. The van der Waals surface area contributed by atoms with Crippen molar-refractivity contribution < 1.29 is 4.74 Å². The molecule has 1 aliphatic rings. The summed E-state index contributed by atoms with van der Waals surface area (Å²) < 4.78 is 7.79. The lowest BCUT2D eigenvalue weighted by Crippen LogP contribution is -2.45. The van der Waals surface area contributed by atoms with Gasteiger partial charge in [0.1, 0.15) is 40.8 Å². The lowest BCUT2D eigenvalue weighted by molar-refractivity contribution is 0.121. The van der Waals surface area contributed by atoms with E-state index in [0.717, 1.165) is 18.6 Å². The van der Waals surface area contributed by atoms with Gasteiger partial charge in [-0.3, -0.25) is 4.79 Å². The van der Waals surface area contributed by atoms with E-state index in [-0.39, 0.29) is 34.3 Å². The molecule has 1 saturated heterocycles. The van der Waals surface area contributed by atoms with Gasteiger partial charge in [-0.05, 0) is 41.7 Å². The zero-order valence-electron chi connectivity index (χ0n) is 21.0. The van der Waals surface area contributed by atoms with Crippen LogP contribution in [0.1, 0.15) is 57.4 Å². The van der Waals surface area contributed by atoms with E-state index in [4.69, 9.17) is 4.74 Å². The zero-order valence-corrected chi connectivity index (χ0v) is 21.0. The first kappa shape index (κ1) is 24.3. The number of aryl methyl sites for hydroxylation is 1. The molecule has 180 valence electrons. The summed E-state index contributed by atoms with van der Waals surface area (Å²) >= 11 is 0. The Bertz CT molecular complexity index is 1390. The Labute approximate surface area is 206 Å². The van der Waals surface area contributed by atoms with E-state index < -0.39 is 0 Å². The largest absolute Gasteiger partial charge is 0.490 e. The van der Waals surface area contributed by atoms with Crippen molar-refractivity contribution in [2.75, 3.05) is 18.0 Å². The number of benzene rings is 1. The summed E-state index contributed by atoms with van der Waals surface area (Å²) in [7, 11) is 1.62. The molecule has 0 aliphatic carbocycles. The van der Waals surface area contributed by atoms with Crippen LogP contribution in [0.4, 0.5) is 5.69 Å². The topological polar surface area (TPSA) is 94.9 Å². The predicted molar refractivity (Wildman–Crippen MR) is 137 cm³/mol. The Balaban J connectivity index is 1.61. The Kier molecular flexibility index (Phi) is 6.54. The van der Waals surface area contributed by atoms with Gasteiger partial charge in [0.15, 0.2) is 0 Å². The number of hydrogen-bond acceptors (Lipinski definition) is 6. The first-order chi connectivity index (χ1) is 16.7. The third-order valence-corrected chi connectivity index (χ3v) is 7.39. The molecular formula is C28H31N5O2. The highest BCUT2D eigenvalue weighted by Gasteiger charge is 2.31. The number of piperidine rings is 1. The van der Waals surface area contributed by atoms with Crippen molar-refractivity contribution in [2.45, 2.75) is 52.1 Å². The van der Waals surface area contributed by atoms with E-state index in [1.165, 1.54) is 10.1 Å². The van der Waals surface area contributed by atoms with Crippen molar-refractivity contribution in [2.24, 2.45) is 13.0 Å². The highest BCUT2D eigenvalue weighted by atomic mass is 16.5. The molecule has 0 bridgehead atoms. The molecule has 2 atom stereocenters. The number of hydrogen-bond donors (Lipinski definition) is 0. The van der Waals surface area contributed by atoms with E-state index in [1.54, 1.807) is 19.2 Å². The van der Waals surface area contributed by atoms with E-state index in [9.17, 15) is 15.3 Å². The van der Waals surface area contributed by atoms with Gasteiger partial charge < -0.3 is 14.2 Å². The molecule has 0 spiro atoms. The van der Waals surface area contributed by atoms with Crippen molar-refractivity contribution in [3.05, 3.63) is 63.6 Å². The van der Waals surface area contributed by atoms with Crippen LogP contribution in [0.5, 0.6) is 5.75 Å². The molecule has 1 fully saturated rings. The molecule has 3 aromatic rings. The lowest BCUT2D eigenvalue weighted by atomic mass is 9.82. The standard InChI is InChI=1S/C28H31N5O2/c1-6-28(3,4)19-7-10-21(11-8-19)35-24-13-14-33(17-18(24)2)26-22(16-30)27(34)32(5)23-12-9-20(15-29)31-25(23)26/h7-12,18,24H,6,13-14,17H2,1-5H3/t18-,24-/m1/s1. The number of fused-ring (bicyclic) bond motifs is 1. The fraction of sp³-hybridized carbons (Fsp3) is 0.429. The van der Waals surface area contributed by atoms with E-state index in [2.05, 4.69) is 57.0 Å². The van der Waals surface area contributed by atoms with E-state index in [1.807, 2.05) is 17.0 Å². The van der Waals surface area contributed by atoms with Gasteiger partial charge in [0.05, 0.1) is 11.2 Å². The van der Waals surface area contributed by atoms with Gasteiger partial charge in [-0.15, -0.1) is 0 Å². The molecule has 1 aliphatic heterocycles. The SMILES string of the molecule is CCC(C)(C)c1ccc(O[C@@H]2CCN(c3c(C#N)c(=O)n(C)c4ccc(C#N)nc34)C[C@H]2C)cc1. The van der Waals surface area contributed by atoms with Crippen molar-refractivity contribution in [1.82, 2.24) is 9.55 Å². The monoisotopic (exact) mass is 469 g/mol. The minimum Gasteiger partial charge on any atom is -0.490 e. The molecule has 0 amide bonds. The summed E-state index contributed by atoms with van der Waals surface area (Å²) in [6, 6.07) is 15.8. The van der Waals surface area contributed by atoms with Crippen LogP contribution in [0.25, 0.3) is 11.0 Å². The van der Waals surface area contributed by atoms with Gasteiger partial charge in [-0.25, -0.2) is 4.98 Å². The zero-order chi connectivity index (χ0) is 25.3. The average molecular weight is 470 g/mol. The van der Waals surface area contributed by atoms with Gasteiger partial charge in [-0.1, -0.05) is 39.8 Å². The normalized spacial score (nSPS) is 18.2. The Hall–Kier alpha value is -3.84. The molecule has 3 heterocycles. The number of nitrogens with zero attached hydrogens (tertiary/aromatic N) is 5. The second-order valence-corrected chi connectivity index (χ2v) is 10.0. The molecule has 0 radical (unpaired) electrons. The van der Waals surface area contributed by atoms with E-state index >= 15 is 0 Å². The quantitative estimate of drug-likeness (QED) is 0.539. The lowest BCUT2D eigenvalue weighted by Gasteiger charge is -2.38. The summed E-state index contributed by atoms with van der Waals surface area (Å²) in [4.78, 5) is 19.5. The maximum absolute atomic E-state index is 12.9. The van der Waals surface area contributed by atoms with Gasteiger partial charge >= 0.3 is 0 Å². The summed E-state index contributed by atoms with van der Waals surface area (Å²) in [5.41, 5.74) is 2.99. The van der Waals surface area contributed by atoms with Crippen LogP contribution >= 0.6 is 0 Å². The Morgan fingerprint density at radius 1 is 1.14 bits per heavy atom. The minimum absolute atomic E-state index is 0.0160. The number of rotatable bonds is 5. The van der Waals surface area contributed by atoms with Crippen molar-refractivity contribution in [3.8, 4) is 17.9 Å². The van der Waals surface area contributed by atoms with Crippen LogP contribution in [-0.4, -0.2) is 28.7 Å². The van der Waals surface area contributed by atoms with Crippen LogP contribution < -0.4 is 15.2 Å². The van der Waals surface area contributed by atoms with E-state index in [0.29, 0.717) is 29.8 Å². The molecule has 7 nitrogen and oxygen atoms in total. The maximum Gasteiger partial charge on any atom is 0.270 e. The maximum atomic E-state index is 12.9. The van der Waals surface area contributed by atoms with Crippen LogP contribution in [-0.2, 0) is 12.5 Å². The fourth-order valence-corrected chi connectivity index (χ4v) is 4.73. The van der Waals surface area contributed by atoms with Crippen LogP contribution in [0.2, 0.25) is 0 Å². The molecule has 0 saturated carbocycles. The van der Waals surface area contributed by atoms with Crippen molar-refractivity contribution in [3.63, 3.8) is 0 Å². The summed E-state index contributed by atoms with van der Waals surface area (Å²) in [5.74, 6) is 1.00. The second kappa shape index (κ2) is 9.43. The fourth-order valence-electron chi connectivity index (χ4n) is 4.73. The number of aromatic nitrogens is 2. The minimum atomic E-state index is -0.359. The summed E-state index contributed by atoms with van der Waals surface area (Å²) in [6.07, 6.45) is 1.82. The van der Waals surface area contributed by atoms with Gasteiger partial charge in [0, 0.05) is 32.5 Å². The molecule has 7 heteroatoms.